The van der Waals surface area contributed by atoms with E-state index in [1.807, 2.05) is 0 Å². The highest BCUT2D eigenvalue weighted by atomic mass is 16.6. The first-order valence-electron chi connectivity index (χ1n) is 5.21. The Morgan fingerprint density at radius 1 is 1.33 bits per heavy atom. The third kappa shape index (κ3) is 3.10. The first kappa shape index (κ1) is 13.8. The van der Waals surface area contributed by atoms with E-state index in [1.165, 1.54) is 20.1 Å². The molecule has 96 valence electrons. The third-order valence-corrected chi connectivity index (χ3v) is 2.32. The Balaban J connectivity index is 3.06. The summed E-state index contributed by atoms with van der Waals surface area (Å²) in [5.74, 6) is -0.952. The monoisotopic (exact) mass is 250 g/mol. The lowest BCUT2D eigenvalue weighted by molar-refractivity contribution is -0.138. The SMILES string of the molecule is COC(=O)/C(=C/O)Oc1cc(C(C)=O)ccc1C. The van der Waals surface area contributed by atoms with Crippen molar-refractivity contribution in [3.8, 4) is 5.75 Å². The van der Waals surface area contributed by atoms with Crippen molar-refractivity contribution < 1.29 is 24.2 Å². The van der Waals surface area contributed by atoms with Crippen LogP contribution in [0.4, 0.5) is 0 Å². The number of Topliss-reactive ketones (excluding diaryl/α,β-unsaturated/α-hetero) is 1. The van der Waals surface area contributed by atoms with E-state index in [-0.39, 0.29) is 11.5 Å². The lowest BCUT2D eigenvalue weighted by atomic mass is 10.1. The molecule has 0 aliphatic heterocycles. The maximum atomic E-state index is 11.2. The Bertz CT molecular complexity index is 502. The molecule has 0 unspecified atom stereocenters. The summed E-state index contributed by atoms with van der Waals surface area (Å²) in [6.45, 7) is 3.18. The van der Waals surface area contributed by atoms with Crippen LogP contribution in [0.1, 0.15) is 22.8 Å². The van der Waals surface area contributed by atoms with Gasteiger partial charge in [-0.1, -0.05) is 12.1 Å². The summed E-state index contributed by atoms with van der Waals surface area (Å²) >= 11 is 0. The Hall–Kier alpha value is -2.30. The van der Waals surface area contributed by atoms with E-state index in [9.17, 15) is 9.59 Å². The summed E-state index contributed by atoms with van der Waals surface area (Å²) in [7, 11) is 1.17. The molecule has 18 heavy (non-hydrogen) atoms. The number of methoxy groups -OCH3 is 1. The van der Waals surface area contributed by atoms with E-state index >= 15 is 0 Å². The normalized spacial score (nSPS) is 10.9. The van der Waals surface area contributed by atoms with E-state index in [2.05, 4.69) is 4.74 Å². The van der Waals surface area contributed by atoms with Gasteiger partial charge in [0.25, 0.3) is 0 Å². The second-order valence-electron chi connectivity index (χ2n) is 3.62. The number of benzene rings is 1. The zero-order valence-corrected chi connectivity index (χ0v) is 10.4. The second kappa shape index (κ2) is 5.86. The second-order valence-corrected chi connectivity index (χ2v) is 3.62. The number of aryl methyl sites for hydroxylation is 1. The Kier molecular flexibility index (Phi) is 4.48. The van der Waals surface area contributed by atoms with Crippen molar-refractivity contribution in [1.82, 2.24) is 0 Å². The fourth-order valence-electron chi connectivity index (χ4n) is 1.27. The van der Waals surface area contributed by atoms with Crippen molar-refractivity contribution in [3.05, 3.63) is 41.3 Å². The summed E-state index contributed by atoms with van der Waals surface area (Å²) in [6, 6.07) is 4.85. The van der Waals surface area contributed by atoms with Crippen molar-refractivity contribution in [1.29, 1.82) is 0 Å². The predicted molar refractivity (Wildman–Crippen MR) is 64.5 cm³/mol. The maximum Gasteiger partial charge on any atom is 0.377 e. The van der Waals surface area contributed by atoms with Crippen molar-refractivity contribution in [2.75, 3.05) is 7.11 Å². The molecule has 0 aromatic heterocycles. The lowest BCUT2D eigenvalue weighted by Crippen LogP contribution is -2.11. The fraction of sp³-hybridized carbons (Fsp3) is 0.231. The van der Waals surface area contributed by atoms with Crippen LogP contribution in [0.5, 0.6) is 5.75 Å². The molecule has 0 aliphatic rings. The van der Waals surface area contributed by atoms with Crippen LogP contribution < -0.4 is 4.74 Å². The van der Waals surface area contributed by atoms with E-state index < -0.39 is 5.97 Å². The van der Waals surface area contributed by atoms with Gasteiger partial charge in [0, 0.05) is 5.56 Å². The summed E-state index contributed by atoms with van der Waals surface area (Å²) in [4.78, 5) is 22.5. The molecule has 0 saturated carbocycles. The fourth-order valence-corrected chi connectivity index (χ4v) is 1.27. The molecule has 0 atom stereocenters. The van der Waals surface area contributed by atoms with Gasteiger partial charge in [-0.3, -0.25) is 4.79 Å². The molecule has 1 aromatic rings. The molecule has 5 nitrogen and oxygen atoms in total. The Morgan fingerprint density at radius 3 is 2.50 bits per heavy atom. The Labute approximate surface area is 105 Å². The minimum atomic E-state index is -0.801. The lowest BCUT2D eigenvalue weighted by Gasteiger charge is -2.10. The van der Waals surface area contributed by atoms with Crippen molar-refractivity contribution in [2.24, 2.45) is 0 Å². The highest BCUT2D eigenvalue weighted by molar-refractivity contribution is 5.94. The highest BCUT2D eigenvalue weighted by Crippen LogP contribution is 2.22. The van der Waals surface area contributed by atoms with Gasteiger partial charge < -0.3 is 14.6 Å². The molecule has 0 radical (unpaired) electrons. The van der Waals surface area contributed by atoms with Gasteiger partial charge >= 0.3 is 5.97 Å². The van der Waals surface area contributed by atoms with Gasteiger partial charge in [0.05, 0.1) is 7.11 Å². The smallest absolute Gasteiger partial charge is 0.377 e. The number of hydrogen-bond donors (Lipinski definition) is 1. The molecule has 0 fully saturated rings. The highest BCUT2D eigenvalue weighted by Gasteiger charge is 2.14. The molecular weight excluding hydrogens is 236 g/mol. The predicted octanol–water partition coefficient (Wildman–Crippen LogP) is 2.15. The zero-order chi connectivity index (χ0) is 13.7. The standard InChI is InChI=1S/C13H14O5/c1-8-4-5-10(9(2)15)6-11(8)18-12(7-14)13(16)17-3/h4-7,14H,1-3H3/b12-7-. The molecule has 0 spiro atoms. The number of carbonyl (C=O) groups excluding carboxylic acids is 2. The number of ketones is 1. The molecule has 1 rings (SSSR count). The van der Waals surface area contributed by atoms with Crippen LogP contribution in [0, 0.1) is 6.92 Å². The van der Waals surface area contributed by atoms with Gasteiger partial charge in [0.1, 0.15) is 12.0 Å². The summed E-state index contributed by atoms with van der Waals surface area (Å²) in [6.07, 6.45) is 0.520. The number of aliphatic hydroxyl groups is 1. The van der Waals surface area contributed by atoms with Gasteiger partial charge in [-0.2, -0.15) is 0 Å². The molecule has 1 N–H and O–H groups in total. The zero-order valence-electron chi connectivity index (χ0n) is 10.4. The average molecular weight is 250 g/mol. The number of rotatable bonds is 4. The number of esters is 1. The van der Waals surface area contributed by atoms with Crippen LogP contribution in [0.15, 0.2) is 30.2 Å². The molecule has 5 heteroatoms. The minimum Gasteiger partial charge on any atom is -0.511 e. The summed E-state index contributed by atoms with van der Waals surface area (Å²) in [5, 5.41) is 8.90. The largest absolute Gasteiger partial charge is 0.511 e. The van der Waals surface area contributed by atoms with E-state index in [1.54, 1.807) is 19.1 Å². The quantitative estimate of drug-likeness (QED) is 0.383. The topological polar surface area (TPSA) is 72.8 Å². The molecule has 1 aromatic carbocycles. The van der Waals surface area contributed by atoms with Gasteiger partial charge in [0.2, 0.25) is 5.76 Å². The Morgan fingerprint density at radius 2 is 2.00 bits per heavy atom. The van der Waals surface area contributed by atoms with Gasteiger partial charge in [-0.25, -0.2) is 4.79 Å². The molecule has 0 aliphatic carbocycles. The van der Waals surface area contributed by atoms with Crippen LogP contribution in [-0.2, 0) is 9.53 Å². The van der Waals surface area contributed by atoms with Gasteiger partial charge in [-0.05, 0) is 25.5 Å². The first-order valence-corrected chi connectivity index (χ1v) is 5.21. The third-order valence-electron chi connectivity index (χ3n) is 2.32. The number of carbonyl (C=O) groups is 2. The summed E-state index contributed by atoms with van der Waals surface area (Å²) in [5.41, 5.74) is 1.18. The van der Waals surface area contributed by atoms with Crippen molar-refractivity contribution in [3.63, 3.8) is 0 Å². The molecule has 0 amide bonds. The number of aliphatic hydroxyl groups excluding tert-OH is 1. The molecule has 0 heterocycles. The van der Waals surface area contributed by atoms with Crippen LogP contribution in [0.25, 0.3) is 0 Å². The van der Waals surface area contributed by atoms with Crippen LogP contribution in [0.3, 0.4) is 0 Å². The van der Waals surface area contributed by atoms with E-state index in [0.29, 0.717) is 17.6 Å². The van der Waals surface area contributed by atoms with Gasteiger partial charge in [0.15, 0.2) is 5.78 Å². The van der Waals surface area contributed by atoms with Crippen molar-refractivity contribution >= 4 is 11.8 Å². The number of hydrogen-bond acceptors (Lipinski definition) is 5. The van der Waals surface area contributed by atoms with Crippen molar-refractivity contribution in [2.45, 2.75) is 13.8 Å². The van der Waals surface area contributed by atoms with Gasteiger partial charge in [-0.15, -0.1) is 0 Å². The summed E-state index contributed by atoms with van der Waals surface area (Å²) < 4.78 is 9.66. The first-order chi connectivity index (χ1) is 8.49. The maximum absolute atomic E-state index is 11.2. The minimum absolute atomic E-state index is 0.118. The average Bonchev–Trinajstić information content (AvgIpc) is 2.36. The molecular formula is C13H14O5. The van der Waals surface area contributed by atoms with Crippen LogP contribution in [0.2, 0.25) is 0 Å². The molecule has 0 saturated heterocycles. The van der Waals surface area contributed by atoms with Crippen LogP contribution >= 0.6 is 0 Å². The van der Waals surface area contributed by atoms with Crippen LogP contribution in [-0.4, -0.2) is 24.0 Å². The van der Waals surface area contributed by atoms with E-state index in [4.69, 9.17) is 9.84 Å². The van der Waals surface area contributed by atoms with E-state index in [0.717, 1.165) is 5.56 Å². The number of ether oxygens (including phenoxy) is 2. The molecule has 0 bridgehead atoms.